The van der Waals surface area contributed by atoms with E-state index in [0.717, 1.165) is 5.56 Å². The minimum Gasteiger partial charge on any atom is -0.363 e. The third-order valence-electron chi connectivity index (χ3n) is 2.81. The zero-order valence-corrected chi connectivity index (χ0v) is 10.2. The zero-order chi connectivity index (χ0) is 13.7. The number of rotatable bonds is 5. The number of hydrogen-bond donors (Lipinski definition) is 1. The van der Waals surface area contributed by atoms with Gasteiger partial charge in [0.1, 0.15) is 13.5 Å². The molecule has 2 rings (SSSR count). The molecule has 1 aromatic heterocycles. The number of pyridine rings is 1. The summed E-state index contributed by atoms with van der Waals surface area (Å²) in [6.45, 7) is 1.75. The Morgan fingerprint density at radius 1 is 1.22 bits per heavy atom. The molecule has 0 bridgehead atoms. The van der Waals surface area contributed by atoms with Gasteiger partial charge >= 0.3 is 0 Å². The molecule has 2 aromatic rings. The van der Waals surface area contributed by atoms with Crippen LogP contribution >= 0.6 is 0 Å². The number of nitrogens with zero attached hydrogens (tertiary/aromatic N) is 1. The smallest absolute Gasteiger partial charge is 0.126 e. The number of carbonyl (C=O) groups excluding carboxylic acids is 1. The number of hydrogen-bond acceptors (Lipinski definition) is 3. The van der Waals surface area contributed by atoms with Crippen molar-refractivity contribution >= 4 is 12.1 Å². The van der Waals surface area contributed by atoms with E-state index in [2.05, 4.69) is 10.3 Å². The fraction of sp³-hybridized carbons (Fsp3) is 0.200. The molecule has 0 aliphatic carbocycles. The molecule has 0 saturated heterocycles. The van der Waals surface area contributed by atoms with E-state index in [0.29, 0.717) is 5.82 Å². The quantitative estimate of drug-likeness (QED) is 0.818. The molecular weight excluding hydrogens is 224 g/mol. The van der Waals surface area contributed by atoms with Crippen LogP contribution in [-0.4, -0.2) is 11.2 Å². The Morgan fingerprint density at radius 3 is 2.56 bits per heavy atom. The summed E-state index contributed by atoms with van der Waals surface area (Å²) in [4.78, 5) is 15.6. The van der Waals surface area contributed by atoms with Crippen LogP contribution in [-0.2, 0) is 4.79 Å². The minimum atomic E-state index is -0.586. The molecule has 1 aromatic carbocycles. The lowest BCUT2D eigenvalue weighted by Gasteiger charge is -2.22. The average molecular weight is 241 g/mol. The Kier molecular flexibility index (Phi) is 3.63. The van der Waals surface area contributed by atoms with Crippen LogP contribution in [0.25, 0.3) is 0 Å². The summed E-state index contributed by atoms with van der Waals surface area (Å²) in [5, 5.41) is 3.22. The summed E-state index contributed by atoms with van der Waals surface area (Å²) in [5.41, 5.74) is 0.973. The molecule has 3 nitrogen and oxygen atoms in total. The van der Waals surface area contributed by atoms with Crippen molar-refractivity contribution in [2.45, 2.75) is 13.0 Å². The van der Waals surface area contributed by atoms with Crippen LogP contribution in [0.2, 0.25) is 0 Å². The third-order valence-corrected chi connectivity index (χ3v) is 2.81. The maximum Gasteiger partial charge on any atom is 0.126 e. The first-order chi connectivity index (χ1) is 9.18. The highest BCUT2D eigenvalue weighted by atomic mass is 16.1. The van der Waals surface area contributed by atoms with Crippen LogP contribution in [0.4, 0.5) is 5.82 Å². The monoisotopic (exact) mass is 241 g/mol. The van der Waals surface area contributed by atoms with Gasteiger partial charge in [-0.15, -0.1) is 0 Å². The SMILES string of the molecule is [2H]C(=O)C(C)C(Nc1ccccn1)c1ccccc1. The molecule has 0 aliphatic heterocycles. The van der Waals surface area contributed by atoms with Crippen molar-refractivity contribution in [2.24, 2.45) is 5.92 Å². The van der Waals surface area contributed by atoms with Crippen molar-refractivity contribution < 1.29 is 6.17 Å². The van der Waals surface area contributed by atoms with Crippen molar-refractivity contribution in [3.05, 3.63) is 60.3 Å². The van der Waals surface area contributed by atoms with Crippen LogP contribution in [0.1, 0.15) is 19.9 Å². The predicted molar refractivity (Wildman–Crippen MR) is 72.3 cm³/mol. The molecule has 3 heteroatoms. The molecule has 18 heavy (non-hydrogen) atoms. The number of aldehydes is 1. The fourth-order valence-corrected chi connectivity index (χ4v) is 1.83. The summed E-state index contributed by atoms with van der Waals surface area (Å²) in [5.74, 6) is 0.258. The largest absolute Gasteiger partial charge is 0.363 e. The van der Waals surface area contributed by atoms with Gasteiger partial charge in [0.2, 0.25) is 0 Å². The summed E-state index contributed by atoms with van der Waals surface area (Å²) in [6.07, 6.45) is 1.11. The molecule has 0 radical (unpaired) electrons. The molecule has 1 N–H and O–H groups in total. The van der Waals surface area contributed by atoms with Gasteiger partial charge in [-0.2, -0.15) is 0 Å². The molecule has 2 unspecified atom stereocenters. The van der Waals surface area contributed by atoms with Crippen LogP contribution in [0.15, 0.2) is 54.7 Å². The molecule has 0 amide bonds. The topological polar surface area (TPSA) is 42.0 Å². The van der Waals surface area contributed by atoms with Gasteiger partial charge in [0.05, 0.1) is 6.04 Å². The second-order valence-electron chi connectivity index (χ2n) is 4.15. The van der Waals surface area contributed by atoms with E-state index in [1.165, 1.54) is 0 Å². The third kappa shape index (κ3) is 2.94. The molecule has 1 heterocycles. The highest BCUT2D eigenvalue weighted by Crippen LogP contribution is 2.24. The first kappa shape index (κ1) is 11.0. The lowest BCUT2D eigenvalue weighted by molar-refractivity contribution is -0.111. The highest BCUT2D eigenvalue weighted by Gasteiger charge is 2.18. The number of carbonyl (C=O) groups is 1. The van der Waals surface area contributed by atoms with E-state index in [1.54, 1.807) is 13.1 Å². The maximum absolute atomic E-state index is 11.4. The van der Waals surface area contributed by atoms with Gasteiger partial charge in [0.25, 0.3) is 0 Å². The fourth-order valence-electron chi connectivity index (χ4n) is 1.83. The minimum absolute atomic E-state index is 0.249. The maximum atomic E-state index is 11.4. The summed E-state index contributed by atoms with van der Waals surface area (Å²) >= 11 is 0. The van der Waals surface area contributed by atoms with Crippen molar-refractivity contribution in [3.8, 4) is 0 Å². The van der Waals surface area contributed by atoms with Gasteiger partial charge in [0, 0.05) is 12.1 Å². The van der Waals surface area contributed by atoms with E-state index < -0.39 is 12.2 Å². The molecule has 92 valence electrons. The normalized spacial score (nSPS) is 14.4. The molecule has 2 atom stereocenters. The van der Waals surface area contributed by atoms with Crippen molar-refractivity contribution in [1.82, 2.24) is 4.98 Å². The second-order valence-corrected chi connectivity index (χ2v) is 4.15. The Balaban J connectivity index is 2.27. The van der Waals surface area contributed by atoms with Crippen molar-refractivity contribution in [2.75, 3.05) is 5.32 Å². The number of aromatic nitrogens is 1. The van der Waals surface area contributed by atoms with E-state index in [4.69, 9.17) is 1.37 Å². The summed E-state index contributed by atoms with van der Waals surface area (Å²) < 4.78 is 7.33. The van der Waals surface area contributed by atoms with Gasteiger partial charge in [0.15, 0.2) is 0 Å². The zero-order valence-electron chi connectivity index (χ0n) is 11.2. The molecule has 0 saturated carbocycles. The Hall–Kier alpha value is -2.16. The second kappa shape index (κ2) is 5.96. The number of nitrogens with one attached hydrogen (secondary N) is 1. The van der Waals surface area contributed by atoms with Crippen molar-refractivity contribution in [3.63, 3.8) is 0 Å². The lowest BCUT2D eigenvalue weighted by atomic mass is 9.95. The number of benzene rings is 1. The van der Waals surface area contributed by atoms with E-state index in [9.17, 15) is 4.79 Å². The van der Waals surface area contributed by atoms with Crippen molar-refractivity contribution in [1.29, 1.82) is 0 Å². The van der Waals surface area contributed by atoms with Gasteiger partial charge in [-0.05, 0) is 17.7 Å². The van der Waals surface area contributed by atoms with Crippen LogP contribution in [0.3, 0.4) is 0 Å². The Morgan fingerprint density at radius 2 is 1.94 bits per heavy atom. The van der Waals surface area contributed by atoms with Crippen LogP contribution in [0.5, 0.6) is 0 Å². The van der Waals surface area contributed by atoms with Gasteiger partial charge in [-0.1, -0.05) is 43.3 Å². The Bertz CT molecular complexity index is 530. The first-order valence-corrected chi connectivity index (χ1v) is 5.91. The predicted octanol–water partition coefficient (Wildman–Crippen LogP) is 3.07. The highest BCUT2D eigenvalue weighted by molar-refractivity contribution is 5.57. The summed E-state index contributed by atoms with van der Waals surface area (Å²) in [7, 11) is 0. The number of anilines is 1. The molecule has 0 aliphatic rings. The van der Waals surface area contributed by atoms with E-state index in [-0.39, 0.29) is 6.04 Å². The van der Waals surface area contributed by atoms with Crippen LogP contribution in [0, 0.1) is 5.92 Å². The molecule has 0 spiro atoms. The van der Waals surface area contributed by atoms with Gasteiger partial charge in [-0.3, -0.25) is 0 Å². The lowest BCUT2D eigenvalue weighted by Crippen LogP contribution is -2.20. The van der Waals surface area contributed by atoms with E-state index >= 15 is 0 Å². The van der Waals surface area contributed by atoms with Gasteiger partial charge in [-0.25, -0.2) is 4.98 Å². The van der Waals surface area contributed by atoms with E-state index in [1.807, 2.05) is 48.5 Å². The molecule has 0 fully saturated rings. The first-order valence-electron chi connectivity index (χ1n) is 6.41. The molecular formula is C15H16N2O. The standard InChI is InChI=1S/C15H16N2O/c1-12(11-18)15(13-7-3-2-4-8-13)17-14-9-5-6-10-16-14/h2-12,15H,1H3,(H,16,17)/i11D. The average Bonchev–Trinajstić information content (AvgIpc) is 2.46. The Labute approximate surface area is 108 Å². The van der Waals surface area contributed by atoms with Crippen LogP contribution < -0.4 is 5.32 Å². The van der Waals surface area contributed by atoms with Gasteiger partial charge < -0.3 is 10.1 Å². The summed E-state index contributed by atoms with van der Waals surface area (Å²) in [6, 6.07) is 15.0.